The Labute approximate surface area is 107 Å². The predicted octanol–water partition coefficient (Wildman–Crippen LogP) is 1.86. The first-order valence-corrected chi connectivity index (χ1v) is 6.41. The number of rotatable bonds is 4. The minimum Gasteiger partial charge on any atom is -0.492 e. The molecule has 0 saturated carbocycles. The molecule has 3 heteroatoms. The average Bonchev–Trinajstić information content (AvgIpc) is 2.36. The molecule has 0 bridgehead atoms. The van der Waals surface area contributed by atoms with Crippen molar-refractivity contribution < 1.29 is 4.74 Å². The van der Waals surface area contributed by atoms with Crippen LogP contribution in [0, 0.1) is 0 Å². The van der Waals surface area contributed by atoms with Crippen LogP contribution >= 0.6 is 0 Å². The second-order valence-corrected chi connectivity index (χ2v) is 4.88. The maximum Gasteiger partial charge on any atom is 0.120 e. The molecule has 0 atom stereocenters. The lowest BCUT2D eigenvalue weighted by molar-refractivity contribution is 0.124. The minimum atomic E-state index is 0.366. The van der Waals surface area contributed by atoms with Gasteiger partial charge in [-0.05, 0) is 22.9 Å². The van der Waals surface area contributed by atoms with Crippen molar-refractivity contribution in [3.63, 3.8) is 0 Å². The second-order valence-electron chi connectivity index (χ2n) is 4.88. The van der Waals surface area contributed by atoms with Crippen molar-refractivity contribution in [3.05, 3.63) is 42.5 Å². The lowest BCUT2D eigenvalue weighted by Crippen LogP contribution is -2.56. The summed E-state index contributed by atoms with van der Waals surface area (Å²) >= 11 is 0. The first kappa shape index (κ1) is 11.5. The van der Waals surface area contributed by atoms with E-state index in [0.717, 1.165) is 32.0 Å². The fourth-order valence-electron chi connectivity index (χ4n) is 2.34. The minimum absolute atomic E-state index is 0.366. The van der Waals surface area contributed by atoms with E-state index in [0.29, 0.717) is 6.04 Å². The SMILES string of the molecule is NC1CN(CCOc2ccc3ccccc3c2)C1. The highest BCUT2D eigenvalue weighted by atomic mass is 16.5. The summed E-state index contributed by atoms with van der Waals surface area (Å²) in [5.74, 6) is 0.943. The van der Waals surface area contributed by atoms with E-state index in [1.165, 1.54) is 10.8 Å². The molecule has 0 amide bonds. The van der Waals surface area contributed by atoms with Crippen LogP contribution in [0.1, 0.15) is 0 Å². The van der Waals surface area contributed by atoms with Gasteiger partial charge in [0.05, 0.1) is 0 Å². The summed E-state index contributed by atoms with van der Waals surface area (Å²) in [5.41, 5.74) is 5.73. The first-order chi connectivity index (χ1) is 8.81. The molecule has 1 heterocycles. The zero-order chi connectivity index (χ0) is 12.4. The highest BCUT2D eigenvalue weighted by Crippen LogP contribution is 2.20. The zero-order valence-corrected chi connectivity index (χ0v) is 10.4. The second kappa shape index (κ2) is 4.96. The van der Waals surface area contributed by atoms with Crippen LogP contribution in [0.25, 0.3) is 10.8 Å². The van der Waals surface area contributed by atoms with Crippen molar-refractivity contribution in [1.82, 2.24) is 4.90 Å². The topological polar surface area (TPSA) is 38.5 Å². The van der Waals surface area contributed by atoms with E-state index in [1.807, 2.05) is 12.1 Å². The number of benzene rings is 2. The molecule has 0 aliphatic carbocycles. The molecule has 1 fully saturated rings. The summed E-state index contributed by atoms with van der Waals surface area (Å²) in [4.78, 5) is 2.31. The van der Waals surface area contributed by atoms with E-state index < -0.39 is 0 Å². The number of fused-ring (bicyclic) bond motifs is 1. The maximum absolute atomic E-state index is 5.77. The largest absolute Gasteiger partial charge is 0.492 e. The molecule has 0 unspecified atom stereocenters. The highest BCUT2D eigenvalue weighted by Gasteiger charge is 2.21. The van der Waals surface area contributed by atoms with E-state index in [9.17, 15) is 0 Å². The number of likely N-dealkylation sites (tertiary alicyclic amines) is 1. The van der Waals surface area contributed by atoms with E-state index in [1.54, 1.807) is 0 Å². The van der Waals surface area contributed by atoms with Crippen LogP contribution in [0.2, 0.25) is 0 Å². The molecular formula is C15H18N2O. The molecule has 1 saturated heterocycles. The molecule has 0 spiro atoms. The van der Waals surface area contributed by atoms with Gasteiger partial charge in [0.15, 0.2) is 0 Å². The lowest BCUT2D eigenvalue weighted by Gasteiger charge is -2.36. The summed E-state index contributed by atoms with van der Waals surface area (Å²) < 4.78 is 5.77. The van der Waals surface area contributed by atoms with Gasteiger partial charge >= 0.3 is 0 Å². The normalized spacial score (nSPS) is 16.7. The Bertz CT molecular complexity index is 535. The molecule has 1 aliphatic rings. The van der Waals surface area contributed by atoms with Gasteiger partial charge in [-0.2, -0.15) is 0 Å². The standard InChI is InChI=1S/C15H18N2O/c16-14-10-17(11-14)7-8-18-15-6-5-12-3-1-2-4-13(12)9-15/h1-6,9,14H,7-8,10-11,16H2. The van der Waals surface area contributed by atoms with Crippen LogP contribution in [-0.2, 0) is 0 Å². The maximum atomic E-state index is 5.77. The van der Waals surface area contributed by atoms with Crippen LogP contribution in [0.15, 0.2) is 42.5 Å². The quantitative estimate of drug-likeness (QED) is 0.889. The molecular weight excluding hydrogens is 224 g/mol. The van der Waals surface area contributed by atoms with Crippen LogP contribution in [0.5, 0.6) is 5.75 Å². The van der Waals surface area contributed by atoms with Gasteiger partial charge in [-0.3, -0.25) is 4.90 Å². The molecule has 0 radical (unpaired) electrons. The lowest BCUT2D eigenvalue weighted by atomic mass is 10.1. The van der Waals surface area contributed by atoms with Gasteiger partial charge < -0.3 is 10.5 Å². The fraction of sp³-hybridized carbons (Fsp3) is 0.333. The van der Waals surface area contributed by atoms with E-state index in [2.05, 4.69) is 35.2 Å². The van der Waals surface area contributed by atoms with E-state index in [-0.39, 0.29) is 0 Å². The Balaban J connectivity index is 1.57. The van der Waals surface area contributed by atoms with Crippen LogP contribution in [0.3, 0.4) is 0 Å². The zero-order valence-electron chi connectivity index (χ0n) is 10.4. The third-order valence-corrected chi connectivity index (χ3v) is 3.38. The molecule has 94 valence electrons. The number of hydrogen-bond acceptors (Lipinski definition) is 3. The van der Waals surface area contributed by atoms with Crippen LogP contribution in [-0.4, -0.2) is 37.2 Å². The molecule has 2 aromatic rings. The van der Waals surface area contributed by atoms with Gasteiger partial charge in [0.1, 0.15) is 12.4 Å². The van der Waals surface area contributed by atoms with Crippen molar-refractivity contribution >= 4 is 10.8 Å². The Morgan fingerprint density at radius 3 is 2.67 bits per heavy atom. The van der Waals surface area contributed by atoms with Gasteiger partial charge in [0.2, 0.25) is 0 Å². The molecule has 2 N–H and O–H groups in total. The fourth-order valence-corrected chi connectivity index (χ4v) is 2.34. The Hall–Kier alpha value is -1.58. The summed E-state index contributed by atoms with van der Waals surface area (Å²) in [5, 5.41) is 2.47. The van der Waals surface area contributed by atoms with Crippen molar-refractivity contribution in [3.8, 4) is 5.75 Å². The van der Waals surface area contributed by atoms with Crippen molar-refractivity contribution in [2.45, 2.75) is 6.04 Å². The Morgan fingerprint density at radius 2 is 1.89 bits per heavy atom. The molecule has 2 aromatic carbocycles. The smallest absolute Gasteiger partial charge is 0.120 e. The third kappa shape index (κ3) is 2.47. The number of hydrogen-bond donors (Lipinski definition) is 1. The predicted molar refractivity (Wildman–Crippen MR) is 73.9 cm³/mol. The molecule has 0 aromatic heterocycles. The summed E-state index contributed by atoms with van der Waals surface area (Å²) in [7, 11) is 0. The summed E-state index contributed by atoms with van der Waals surface area (Å²) in [6, 6.07) is 14.9. The third-order valence-electron chi connectivity index (χ3n) is 3.38. The molecule has 3 nitrogen and oxygen atoms in total. The van der Waals surface area contributed by atoms with Gasteiger partial charge in [-0.1, -0.05) is 30.3 Å². The van der Waals surface area contributed by atoms with Crippen molar-refractivity contribution in [2.75, 3.05) is 26.2 Å². The van der Waals surface area contributed by atoms with Gasteiger partial charge in [0.25, 0.3) is 0 Å². The number of nitrogens with zero attached hydrogens (tertiary/aromatic N) is 1. The summed E-state index contributed by atoms with van der Waals surface area (Å²) in [6.45, 7) is 3.69. The van der Waals surface area contributed by atoms with E-state index in [4.69, 9.17) is 10.5 Å². The molecule has 1 aliphatic heterocycles. The average molecular weight is 242 g/mol. The van der Waals surface area contributed by atoms with Crippen molar-refractivity contribution in [1.29, 1.82) is 0 Å². The Kier molecular flexibility index (Phi) is 3.17. The molecule has 18 heavy (non-hydrogen) atoms. The van der Waals surface area contributed by atoms with Gasteiger partial charge in [-0.25, -0.2) is 0 Å². The van der Waals surface area contributed by atoms with E-state index >= 15 is 0 Å². The highest BCUT2D eigenvalue weighted by molar-refractivity contribution is 5.83. The molecule has 3 rings (SSSR count). The number of nitrogens with two attached hydrogens (primary N) is 1. The Morgan fingerprint density at radius 1 is 1.11 bits per heavy atom. The van der Waals surface area contributed by atoms with Gasteiger partial charge in [-0.15, -0.1) is 0 Å². The number of ether oxygens (including phenoxy) is 1. The first-order valence-electron chi connectivity index (χ1n) is 6.41. The van der Waals surface area contributed by atoms with Crippen LogP contribution < -0.4 is 10.5 Å². The van der Waals surface area contributed by atoms with Gasteiger partial charge in [0, 0.05) is 25.7 Å². The van der Waals surface area contributed by atoms with Crippen molar-refractivity contribution in [2.24, 2.45) is 5.73 Å². The monoisotopic (exact) mass is 242 g/mol. The van der Waals surface area contributed by atoms with Crippen LogP contribution in [0.4, 0.5) is 0 Å². The summed E-state index contributed by atoms with van der Waals surface area (Å²) in [6.07, 6.45) is 0.